The van der Waals surface area contributed by atoms with Crippen molar-refractivity contribution in [2.45, 2.75) is 27.2 Å². The second-order valence-corrected chi connectivity index (χ2v) is 8.24. The van der Waals surface area contributed by atoms with Gasteiger partial charge in [-0.1, -0.05) is 32.9 Å². The monoisotopic (exact) mass is 392 g/mol. The predicted molar refractivity (Wildman–Crippen MR) is 112 cm³/mol. The van der Waals surface area contributed by atoms with Crippen LogP contribution in [0, 0.1) is 5.41 Å². The minimum atomic E-state index is -0.450. The first-order chi connectivity index (χ1) is 13.8. The van der Waals surface area contributed by atoms with Crippen LogP contribution in [-0.4, -0.2) is 25.2 Å². The Morgan fingerprint density at radius 1 is 1.07 bits per heavy atom. The lowest BCUT2D eigenvalue weighted by Crippen LogP contribution is -2.38. The van der Waals surface area contributed by atoms with Gasteiger partial charge in [0.2, 0.25) is 18.6 Å². The van der Waals surface area contributed by atoms with Crippen molar-refractivity contribution in [3.63, 3.8) is 0 Å². The molecule has 0 aliphatic carbocycles. The first-order valence-electron chi connectivity index (χ1n) is 9.65. The Kier molecular flexibility index (Phi) is 4.78. The highest BCUT2D eigenvalue weighted by Gasteiger charge is 2.32. The summed E-state index contributed by atoms with van der Waals surface area (Å²) in [6, 6.07) is 11.2. The van der Waals surface area contributed by atoms with Crippen LogP contribution in [0.3, 0.4) is 0 Å². The Morgan fingerprint density at radius 3 is 2.66 bits per heavy atom. The van der Waals surface area contributed by atoms with E-state index < -0.39 is 5.41 Å². The predicted octanol–water partition coefficient (Wildman–Crippen LogP) is 4.00. The van der Waals surface area contributed by atoms with Crippen LogP contribution < -0.4 is 19.7 Å². The number of hydrogen-bond acceptors (Lipinski definition) is 4. The SMILES string of the molecule is CC(C)(C)C(=O)N1CCc2ccc(NC(=O)/C=C/c3ccc4c(c3)OCO4)cc21. The molecule has 0 spiro atoms. The maximum absolute atomic E-state index is 12.7. The van der Waals surface area contributed by atoms with Gasteiger partial charge in [0.1, 0.15) is 0 Å². The van der Waals surface area contributed by atoms with Crippen molar-refractivity contribution in [1.29, 1.82) is 0 Å². The molecule has 0 saturated heterocycles. The summed E-state index contributed by atoms with van der Waals surface area (Å²) in [4.78, 5) is 26.9. The van der Waals surface area contributed by atoms with Crippen LogP contribution in [0.15, 0.2) is 42.5 Å². The third kappa shape index (κ3) is 3.97. The summed E-state index contributed by atoms with van der Waals surface area (Å²) < 4.78 is 10.6. The highest BCUT2D eigenvalue weighted by Crippen LogP contribution is 2.34. The van der Waals surface area contributed by atoms with Crippen molar-refractivity contribution < 1.29 is 19.1 Å². The van der Waals surface area contributed by atoms with E-state index in [-0.39, 0.29) is 18.6 Å². The fraction of sp³-hybridized carbons (Fsp3) is 0.304. The standard InChI is InChI=1S/C23H24N2O4/c1-23(2,3)22(27)25-11-10-16-6-7-17(13-18(16)25)24-21(26)9-5-15-4-8-19-20(12-15)29-14-28-19/h4-9,12-13H,10-11,14H2,1-3H3,(H,24,26)/b9-5+. The Balaban J connectivity index is 1.46. The van der Waals surface area contributed by atoms with Gasteiger partial charge in [-0.2, -0.15) is 0 Å². The minimum absolute atomic E-state index is 0.0856. The summed E-state index contributed by atoms with van der Waals surface area (Å²) in [5, 5.41) is 2.87. The molecule has 2 aliphatic heterocycles. The molecular weight excluding hydrogens is 368 g/mol. The number of amides is 2. The topological polar surface area (TPSA) is 67.9 Å². The van der Waals surface area contributed by atoms with Gasteiger partial charge in [0.15, 0.2) is 11.5 Å². The summed E-state index contributed by atoms with van der Waals surface area (Å²) in [6.07, 6.45) is 4.03. The molecule has 2 aromatic rings. The highest BCUT2D eigenvalue weighted by atomic mass is 16.7. The van der Waals surface area contributed by atoms with Crippen molar-refractivity contribution >= 4 is 29.3 Å². The number of hydrogen-bond donors (Lipinski definition) is 1. The van der Waals surface area contributed by atoms with Crippen molar-refractivity contribution in [2.24, 2.45) is 5.41 Å². The summed E-state index contributed by atoms with van der Waals surface area (Å²) >= 11 is 0. The number of carbonyl (C=O) groups excluding carboxylic acids is 2. The quantitative estimate of drug-likeness (QED) is 0.802. The maximum Gasteiger partial charge on any atom is 0.248 e. The maximum atomic E-state index is 12.7. The molecule has 29 heavy (non-hydrogen) atoms. The van der Waals surface area contributed by atoms with Gasteiger partial charge in [-0.05, 0) is 47.9 Å². The first-order valence-corrected chi connectivity index (χ1v) is 9.65. The lowest BCUT2D eigenvalue weighted by molar-refractivity contribution is -0.125. The fourth-order valence-corrected chi connectivity index (χ4v) is 3.45. The van der Waals surface area contributed by atoms with Gasteiger partial charge in [0, 0.05) is 29.4 Å². The van der Waals surface area contributed by atoms with E-state index in [2.05, 4.69) is 5.32 Å². The van der Waals surface area contributed by atoms with Crippen LogP contribution in [0.2, 0.25) is 0 Å². The molecule has 6 nitrogen and oxygen atoms in total. The summed E-state index contributed by atoms with van der Waals surface area (Å²) in [5.74, 6) is 1.23. The number of nitrogens with zero attached hydrogens (tertiary/aromatic N) is 1. The van der Waals surface area contributed by atoms with Crippen LogP contribution >= 0.6 is 0 Å². The van der Waals surface area contributed by atoms with Crippen molar-refractivity contribution in [3.8, 4) is 11.5 Å². The lowest BCUT2D eigenvalue weighted by atomic mass is 9.94. The molecule has 0 atom stereocenters. The zero-order chi connectivity index (χ0) is 20.6. The number of carbonyl (C=O) groups is 2. The summed E-state index contributed by atoms with van der Waals surface area (Å²) in [7, 11) is 0. The third-order valence-corrected chi connectivity index (χ3v) is 4.96. The normalized spacial score (nSPS) is 14.9. The van der Waals surface area contributed by atoms with E-state index >= 15 is 0 Å². The van der Waals surface area contributed by atoms with Gasteiger partial charge in [-0.15, -0.1) is 0 Å². The Bertz CT molecular complexity index is 1000. The van der Waals surface area contributed by atoms with Gasteiger partial charge in [0.05, 0.1) is 0 Å². The molecule has 0 radical (unpaired) electrons. The molecular formula is C23H24N2O4. The molecule has 0 unspecified atom stereocenters. The van der Waals surface area contributed by atoms with E-state index in [9.17, 15) is 9.59 Å². The number of benzene rings is 2. The molecule has 0 bridgehead atoms. The molecule has 2 aliphatic rings. The van der Waals surface area contributed by atoms with E-state index in [1.165, 1.54) is 6.08 Å². The highest BCUT2D eigenvalue weighted by molar-refractivity contribution is 6.03. The third-order valence-electron chi connectivity index (χ3n) is 4.96. The molecule has 2 heterocycles. The minimum Gasteiger partial charge on any atom is -0.454 e. The second-order valence-electron chi connectivity index (χ2n) is 8.24. The van der Waals surface area contributed by atoms with Gasteiger partial charge in [-0.3, -0.25) is 9.59 Å². The number of rotatable bonds is 3. The first kappa shape index (κ1) is 19.1. The molecule has 6 heteroatoms. The van der Waals surface area contributed by atoms with Crippen molar-refractivity contribution in [1.82, 2.24) is 0 Å². The number of nitrogens with one attached hydrogen (secondary N) is 1. The number of ether oxygens (including phenoxy) is 2. The summed E-state index contributed by atoms with van der Waals surface area (Å²) in [5.41, 5.74) is 3.06. The molecule has 2 amide bonds. The lowest BCUT2D eigenvalue weighted by Gasteiger charge is -2.26. The van der Waals surface area contributed by atoms with Gasteiger partial charge < -0.3 is 19.7 Å². The Morgan fingerprint density at radius 2 is 1.86 bits per heavy atom. The molecule has 0 aromatic heterocycles. The van der Waals surface area contributed by atoms with Crippen LogP contribution in [0.25, 0.3) is 6.08 Å². The van der Waals surface area contributed by atoms with E-state index in [1.807, 2.05) is 62.1 Å². The molecule has 0 fully saturated rings. The van der Waals surface area contributed by atoms with Crippen molar-refractivity contribution in [2.75, 3.05) is 23.6 Å². The van der Waals surface area contributed by atoms with Crippen molar-refractivity contribution in [3.05, 3.63) is 53.6 Å². The average molecular weight is 392 g/mol. The zero-order valence-electron chi connectivity index (χ0n) is 16.8. The van der Waals surface area contributed by atoms with Gasteiger partial charge in [-0.25, -0.2) is 0 Å². The van der Waals surface area contributed by atoms with Crippen LogP contribution in [0.1, 0.15) is 31.9 Å². The Labute approximate surface area is 170 Å². The smallest absolute Gasteiger partial charge is 0.248 e. The molecule has 0 saturated carbocycles. The molecule has 2 aromatic carbocycles. The fourth-order valence-electron chi connectivity index (χ4n) is 3.45. The number of anilines is 2. The van der Waals surface area contributed by atoms with Crippen LogP contribution in [0.5, 0.6) is 11.5 Å². The molecule has 150 valence electrons. The second kappa shape index (κ2) is 7.28. The van der Waals surface area contributed by atoms with E-state index in [0.29, 0.717) is 23.7 Å². The largest absolute Gasteiger partial charge is 0.454 e. The molecule has 4 rings (SSSR count). The average Bonchev–Trinajstić information content (AvgIpc) is 3.31. The van der Waals surface area contributed by atoms with Gasteiger partial charge in [0.25, 0.3) is 0 Å². The zero-order valence-corrected chi connectivity index (χ0v) is 16.8. The van der Waals surface area contributed by atoms with E-state index in [1.54, 1.807) is 6.08 Å². The Hall–Kier alpha value is -3.28. The van der Waals surface area contributed by atoms with Crippen LogP contribution in [0.4, 0.5) is 11.4 Å². The van der Waals surface area contributed by atoms with Gasteiger partial charge >= 0.3 is 0 Å². The number of fused-ring (bicyclic) bond motifs is 2. The molecule has 1 N–H and O–H groups in total. The van der Waals surface area contributed by atoms with E-state index in [0.717, 1.165) is 23.2 Å². The van der Waals surface area contributed by atoms with Crippen LogP contribution in [-0.2, 0) is 16.0 Å². The summed E-state index contributed by atoms with van der Waals surface area (Å²) in [6.45, 7) is 6.64. The van der Waals surface area contributed by atoms with E-state index in [4.69, 9.17) is 9.47 Å².